The Labute approximate surface area is 78.3 Å². The third-order valence-corrected chi connectivity index (χ3v) is 2.22. The zero-order valence-electron chi connectivity index (χ0n) is 8.09. The Morgan fingerprint density at radius 3 is 2.69 bits per heavy atom. The van der Waals surface area contributed by atoms with E-state index in [4.69, 9.17) is 0 Å². The van der Waals surface area contributed by atoms with Crippen LogP contribution >= 0.6 is 0 Å². The van der Waals surface area contributed by atoms with Crippen LogP contribution in [0.5, 0.6) is 0 Å². The highest BCUT2D eigenvalue weighted by molar-refractivity contribution is 5.99. The maximum absolute atomic E-state index is 11.3. The van der Waals surface area contributed by atoms with E-state index in [1.165, 1.54) is 13.0 Å². The number of allylic oxidation sites excluding steroid dienone is 4. The van der Waals surface area contributed by atoms with Gasteiger partial charge in [0, 0.05) is 6.42 Å². The van der Waals surface area contributed by atoms with E-state index in [0.29, 0.717) is 6.42 Å². The van der Waals surface area contributed by atoms with Crippen molar-refractivity contribution < 1.29 is 9.59 Å². The number of ketones is 2. The minimum Gasteiger partial charge on any atom is -0.295 e. The molecular weight excluding hydrogens is 164 g/mol. The summed E-state index contributed by atoms with van der Waals surface area (Å²) in [5, 5.41) is 0. The number of carbonyl (C=O) groups excluding carboxylic acids is 2. The Hall–Kier alpha value is -1.18. The lowest BCUT2D eigenvalue weighted by molar-refractivity contribution is -0.115. The molecule has 0 saturated heterocycles. The summed E-state index contributed by atoms with van der Waals surface area (Å²) in [5.41, 5.74) is 1.94. The highest BCUT2D eigenvalue weighted by atomic mass is 16.1. The van der Waals surface area contributed by atoms with Gasteiger partial charge < -0.3 is 0 Å². The molecule has 0 aromatic carbocycles. The summed E-state index contributed by atoms with van der Waals surface area (Å²) in [6.45, 7) is 3.49. The molecule has 0 spiro atoms. The van der Waals surface area contributed by atoms with Crippen molar-refractivity contribution in [3.8, 4) is 0 Å². The molecule has 0 fully saturated rings. The van der Waals surface area contributed by atoms with Crippen molar-refractivity contribution in [2.45, 2.75) is 33.1 Å². The molecule has 1 aliphatic rings. The summed E-state index contributed by atoms with van der Waals surface area (Å²) in [7, 11) is 0. The molecule has 0 saturated carbocycles. The van der Waals surface area contributed by atoms with Crippen LogP contribution in [0.2, 0.25) is 0 Å². The molecule has 0 aliphatic heterocycles. The van der Waals surface area contributed by atoms with Gasteiger partial charge >= 0.3 is 0 Å². The standard InChI is InChI=1S/C11H14O2/c1-3-10-9(5-4-8(2)12)6-7-11(10)13/h4-5H,3,6-7H2,1-2H3. The third kappa shape index (κ3) is 2.38. The van der Waals surface area contributed by atoms with Crippen LogP contribution in [-0.4, -0.2) is 11.6 Å². The van der Waals surface area contributed by atoms with E-state index >= 15 is 0 Å². The lowest BCUT2D eigenvalue weighted by atomic mass is 10.1. The predicted octanol–water partition coefficient (Wildman–Crippen LogP) is 2.20. The van der Waals surface area contributed by atoms with Crippen LogP contribution in [0.1, 0.15) is 33.1 Å². The van der Waals surface area contributed by atoms with E-state index in [2.05, 4.69) is 0 Å². The summed E-state index contributed by atoms with van der Waals surface area (Å²) in [4.78, 5) is 22.0. The minimum absolute atomic E-state index is 0.0299. The summed E-state index contributed by atoms with van der Waals surface area (Å²) in [6, 6.07) is 0. The van der Waals surface area contributed by atoms with Gasteiger partial charge in [0.25, 0.3) is 0 Å². The highest BCUT2D eigenvalue weighted by Crippen LogP contribution is 2.25. The molecule has 0 N–H and O–H groups in total. The molecule has 0 aromatic rings. The van der Waals surface area contributed by atoms with E-state index in [1.54, 1.807) is 6.08 Å². The maximum atomic E-state index is 11.3. The lowest BCUT2D eigenvalue weighted by Gasteiger charge is -1.96. The number of hydrogen-bond donors (Lipinski definition) is 0. The van der Waals surface area contributed by atoms with Crippen molar-refractivity contribution in [2.24, 2.45) is 0 Å². The molecule has 0 heterocycles. The Morgan fingerprint density at radius 2 is 2.15 bits per heavy atom. The molecule has 0 unspecified atom stereocenters. The molecule has 0 radical (unpaired) electrons. The van der Waals surface area contributed by atoms with Crippen LogP contribution in [0.4, 0.5) is 0 Å². The van der Waals surface area contributed by atoms with Gasteiger partial charge in [-0.2, -0.15) is 0 Å². The van der Waals surface area contributed by atoms with Gasteiger partial charge in [0.15, 0.2) is 11.6 Å². The van der Waals surface area contributed by atoms with Crippen molar-refractivity contribution in [3.63, 3.8) is 0 Å². The van der Waals surface area contributed by atoms with E-state index < -0.39 is 0 Å². The van der Waals surface area contributed by atoms with Crippen LogP contribution in [0.3, 0.4) is 0 Å². The van der Waals surface area contributed by atoms with Gasteiger partial charge in [-0.15, -0.1) is 0 Å². The smallest absolute Gasteiger partial charge is 0.159 e. The first kappa shape index (κ1) is 9.90. The molecule has 0 atom stereocenters. The fourth-order valence-corrected chi connectivity index (χ4v) is 1.56. The van der Waals surface area contributed by atoms with Gasteiger partial charge in [-0.05, 0) is 37.0 Å². The number of hydrogen-bond acceptors (Lipinski definition) is 2. The number of rotatable bonds is 3. The predicted molar refractivity (Wildman–Crippen MR) is 51.4 cm³/mol. The Balaban J connectivity index is 2.83. The molecule has 0 aromatic heterocycles. The van der Waals surface area contributed by atoms with Crippen LogP contribution in [0.25, 0.3) is 0 Å². The average molecular weight is 178 g/mol. The molecule has 70 valence electrons. The first-order chi connectivity index (χ1) is 6.15. The molecule has 13 heavy (non-hydrogen) atoms. The first-order valence-corrected chi connectivity index (χ1v) is 4.59. The quantitative estimate of drug-likeness (QED) is 0.621. The molecule has 1 aliphatic carbocycles. The zero-order valence-corrected chi connectivity index (χ0v) is 8.09. The molecule has 2 heteroatoms. The molecule has 0 amide bonds. The fourth-order valence-electron chi connectivity index (χ4n) is 1.56. The second-order valence-corrected chi connectivity index (χ2v) is 3.22. The largest absolute Gasteiger partial charge is 0.295 e. The Kier molecular flexibility index (Phi) is 3.18. The SMILES string of the molecule is CCC1=C(C=CC(C)=O)CCC1=O. The summed E-state index contributed by atoms with van der Waals surface area (Å²) < 4.78 is 0. The monoisotopic (exact) mass is 178 g/mol. The van der Waals surface area contributed by atoms with Crippen LogP contribution in [0.15, 0.2) is 23.3 Å². The second kappa shape index (κ2) is 4.17. The third-order valence-electron chi connectivity index (χ3n) is 2.22. The van der Waals surface area contributed by atoms with Crippen molar-refractivity contribution in [3.05, 3.63) is 23.3 Å². The van der Waals surface area contributed by atoms with Crippen molar-refractivity contribution >= 4 is 11.6 Å². The topological polar surface area (TPSA) is 34.1 Å². The first-order valence-electron chi connectivity index (χ1n) is 4.59. The second-order valence-electron chi connectivity index (χ2n) is 3.22. The van der Waals surface area contributed by atoms with Crippen LogP contribution in [-0.2, 0) is 9.59 Å². The number of carbonyl (C=O) groups is 2. The summed E-state index contributed by atoms with van der Waals surface area (Å²) in [6.07, 6.45) is 5.50. The molecule has 1 rings (SSSR count). The van der Waals surface area contributed by atoms with E-state index in [1.807, 2.05) is 6.92 Å². The van der Waals surface area contributed by atoms with E-state index in [-0.39, 0.29) is 11.6 Å². The lowest BCUT2D eigenvalue weighted by Crippen LogP contribution is -1.93. The maximum Gasteiger partial charge on any atom is 0.159 e. The van der Waals surface area contributed by atoms with Crippen molar-refractivity contribution in [1.29, 1.82) is 0 Å². The van der Waals surface area contributed by atoms with Gasteiger partial charge in [-0.1, -0.05) is 13.0 Å². The Bertz CT molecular complexity index is 295. The normalized spacial score (nSPS) is 17.5. The van der Waals surface area contributed by atoms with Gasteiger partial charge in [0.1, 0.15) is 0 Å². The summed E-state index contributed by atoms with van der Waals surface area (Å²) >= 11 is 0. The fraction of sp³-hybridized carbons (Fsp3) is 0.455. The van der Waals surface area contributed by atoms with E-state index in [0.717, 1.165) is 24.0 Å². The van der Waals surface area contributed by atoms with E-state index in [9.17, 15) is 9.59 Å². The van der Waals surface area contributed by atoms with Gasteiger partial charge in [-0.25, -0.2) is 0 Å². The number of Topliss-reactive ketones (excluding diaryl/α,β-unsaturated/α-hetero) is 1. The van der Waals surface area contributed by atoms with Gasteiger partial charge in [-0.3, -0.25) is 9.59 Å². The molecular formula is C11H14O2. The zero-order chi connectivity index (χ0) is 9.84. The van der Waals surface area contributed by atoms with Crippen molar-refractivity contribution in [1.82, 2.24) is 0 Å². The van der Waals surface area contributed by atoms with Crippen LogP contribution in [0, 0.1) is 0 Å². The summed E-state index contributed by atoms with van der Waals surface area (Å²) in [5.74, 6) is 0.271. The minimum atomic E-state index is 0.0299. The van der Waals surface area contributed by atoms with Crippen molar-refractivity contribution in [2.75, 3.05) is 0 Å². The Morgan fingerprint density at radius 1 is 1.46 bits per heavy atom. The highest BCUT2D eigenvalue weighted by Gasteiger charge is 2.19. The molecule has 0 bridgehead atoms. The van der Waals surface area contributed by atoms with Gasteiger partial charge in [0.2, 0.25) is 0 Å². The van der Waals surface area contributed by atoms with Gasteiger partial charge in [0.05, 0.1) is 0 Å². The van der Waals surface area contributed by atoms with Crippen LogP contribution < -0.4 is 0 Å². The average Bonchev–Trinajstić information content (AvgIpc) is 2.42. The molecule has 2 nitrogen and oxygen atoms in total.